The second-order valence-electron chi connectivity index (χ2n) is 3.77. The highest BCUT2D eigenvalue weighted by Gasteiger charge is 2.13. The van der Waals surface area contributed by atoms with Crippen molar-refractivity contribution in [1.82, 2.24) is 0 Å². The zero-order valence-corrected chi connectivity index (χ0v) is 10.3. The first-order chi connectivity index (χ1) is 8.08. The molecule has 1 rings (SSSR count). The molecule has 0 aromatic heterocycles. The lowest BCUT2D eigenvalue weighted by Gasteiger charge is -2.14. The maximum atomic E-state index is 11.7. The number of para-hydroxylation sites is 1. The molecule has 0 heterocycles. The monoisotopic (exact) mass is 238 g/mol. The normalized spacial score (nSPS) is 11.8. The molecule has 17 heavy (non-hydrogen) atoms. The number of rotatable bonds is 5. The number of ether oxygens (including phenoxy) is 2. The highest BCUT2D eigenvalue weighted by molar-refractivity contribution is 5.94. The lowest BCUT2D eigenvalue weighted by molar-refractivity contribution is -0.116. The first-order valence-electron chi connectivity index (χ1n) is 5.35. The smallest absolute Gasteiger partial charge is 0.226 e. The molecule has 0 aliphatic carbocycles. The summed E-state index contributed by atoms with van der Waals surface area (Å²) in [5, 5.41) is 2.74. The number of hydrogen-bond acceptors (Lipinski definition) is 4. The Bertz CT molecular complexity index is 369. The molecule has 94 valence electrons. The molecule has 1 aromatic carbocycles. The predicted molar refractivity (Wildman–Crippen MR) is 66.4 cm³/mol. The summed E-state index contributed by atoms with van der Waals surface area (Å²) in [5.74, 6) is 0.951. The van der Waals surface area contributed by atoms with Crippen LogP contribution >= 0.6 is 0 Å². The average Bonchev–Trinajstić information content (AvgIpc) is 2.28. The van der Waals surface area contributed by atoms with Crippen molar-refractivity contribution in [3.63, 3.8) is 0 Å². The Morgan fingerprint density at radius 3 is 2.29 bits per heavy atom. The number of amides is 1. The van der Waals surface area contributed by atoms with Crippen LogP contribution in [0.25, 0.3) is 0 Å². The molecule has 0 aliphatic rings. The van der Waals surface area contributed by atoms with Gasteiger partial charge in [0.05, 0.1) is 14.2 Å². The molecule has 0 fully saturated rings. The van der Waals surface area contributed by atoms with Crippen LogP contribution < -0.4 is 20.5 Å². The molecule has 0 spiro atoms. The van der Waals surface area contributed by atoms with E-state index in [1.807, 2.05) is 0 Å². The van der Waals surface area contributed by atoms with E-state index in [1.165, 1.54) is 14.2 Å². The van der Waals surface area contributed by atoms with Gasteiger partial charge in [0.1, 0.15) is 17.2 Å². The van der Waals surface area contributed by atoms with Gasteiger partial charge in [-0.3, -0.25) is 4.79 Å². The van der Waals surface area contributed by atoms with Gasteiger partial charge >= 0.3 is 0 Å². The SMILES string of the molecule is COc1cccc(OC)c1NC(=O)CC(C)N. The van der Waals surface area contributed by atoms with E-state index in [9.17, 15) is 4.79 Å². The minimum absolute atomic E-state index is 0.164. The van der Waals surface area contributed by atoms with Gasteiger partial charge in [0.15, 0.2) is 0 Å². The van der Waals surface area contributed by atoms with Crippen LogP contribution in [0.1, 0.15) is 13.3 Å². The average molecular weight is 238 g/mol. The number of nitrogens with two attached hydrogens (primary N) is 1. The van der Waals surface area contributed by atoms with Crippen molar-refractivity contribution in [2.45, 2.75) is 19.4 Å². The van der Waals surface area contributed by atoms with Gasteiger partial charge < -0.3 is 20.5 Å². The first kappa shape index (κ1) is 13.3. The quantitative estimate of drug-likeness (QED) is 0.812. The van der Waals surface area contributed by atoms with Crippen LogP contribution in [-0.2, 0) is 4.79 Å². The number of nitrogens with one attached hydrogen (secondary N) is 1. The Balaban J connectivity index is 2.91. The number of carbonyl (C=O) groups is 1. The summed E-state index contributed by atoms with van der Waals surface area (Å²) in [7, 11) is 3.08. The van der Waals surface area contributed by atoms with Crippen LogP contribution in [0.15, 0.2) is 18.2 Å². The summed E-state index contributed by atoms with van der Waals surface area (Å²) in [6.45, 7) is 1.78. The Morgan fingerprint density at radius 1 is 1.35 bits per heavy atom. The molecule has 1 aromatic rings. The molecule has 0 radical (unpaired) electrons. The summed E-state index contributed by atoms with van der Waals surface area (Å²) in [5.41, 5.74) is 6.10. The molecule has 0 saturated heterocycles. The third-order valence-corrected chi connectivity index (χ3v) is 2.20. The zero-order chi connectivity index (χ0) is 12.8. The van der Waals surface area contributed by atoms with Gasteiger partial charge in [-0.2, -0.15) is 0 Å². The number of anilines is 1. The Kier molecular flexibility index (Phi) is 4.78. The topological polar surface area (TPSA) is 73.6 Å². The standard InChI is InChI=1S/C12H18N2O3/c1-8(13)7-11(15)14-12-9(16-2)5-4-6-10(12)17-3/h4-6,8H,7,13H2,1-3H3,(H,14,15). The molecular weight excluding hydrogens is 220 g/mol. The molecule has 3 N–H and O–H groups in total. The predicted octanol–water partition coefficient (Wildman–Crippen LogP) is 1.38. The number of benzene rings is 1. The van der Waals surface area contributed by atoms with E-state index in [0.29, 0.717) is 17.2 Å². The maximum absolute atomic E-state index is 11.7. The summed E-state index contributed by atoms with van der Waals surface area (Å²) in [6, 6.07) is 5.11. The fraction of sp³-hybridized carbons (Fsp3) is 0.417. The van der Waals surface area contributed by atoms with E-state index in [4.69, 9.17) is 15.2 Å². The fourth-order valence-electron chi connectivity index (χ4n) is 1.46. The number of carbonyl (C=O) groups excluding carboxylic acids is 1. The van der Waals surface area contributed by atoms with Crippen LogP contribution in [0.4, 0.5) is 5.69 Å². The summed E-state index contributed by atoms with van der Waals surface area (Å²) < 4.78 is 10.3. The van der Waals surface area contributed by atoms with Crippen molar-refractivity contribution in [1.29, 1.82) is 0 Å². The lowest BCUT2D eigenvalue weighted by atomic mass is 10.2. The lowest BCUT2D eigenvalue weighted by Crippen LogP contribution is -2.24. The molecule has 1 unspecified atom stereocenters. The van der Waals surface area contributed by atoms with E-state index in [2.05, 4.69) is 5.32 Å². The van der Waals surface area contributed by atoms with Crippen LogP contribution in [-0.4, -0.2) is 26.2 Å². The molecule has 1 atom stereocenters. The highest BCUT2D eigenvalue weighted by atomic mass is 16.5. The summed E-state index contributed by atoms with van der Waals surface area (Å²) in [6.07, 6.45) is 0.251. The molecule has 0 aliphatic heterocycles. The van der Waals surface area contributed by atoms with Crippen molar-refractivity contribution >= 4 is 11.6 Å². The molecule has 5 heteroatoms. The van der Waals surface area contributed by atoms with Gasteiger partial charge in [-0.25, -0.2) is 0 Å². The minimum atomic E-state index is -0.185. The van der Waals surface area contributed by atoms with Crippen molar-refractivity contribution in [2.24, 2.45) is 5.73 Å². The van der Waals surface area contributed by atoms with E-state index in [1.54, 1.807) is 25.1 Å². The Hall–Kier alpha value is -1.75. The van der Waals surface area contributed by atoms with Crippen molar-refractivity contribution < 1.29 is 14.3 Å². The molecule has 0 saturated carbocycles. The van der Waals surface area contributed by atoms with E-state index in [0.717, 1.165) is 0 Å². The molecular formula is C12H18N2O3. The Labute approximate surface area is 101 Å². The third kappa shape index (κ3) is 3.64. The first-order valence-corrected chi connectivity index (χ1v) is 5.35. The van der Waals surface area contributed by atoms with Crippen LogP contribution in [0.5, 0.6) is 11.5 Å². The highest BCUT2D eigenvalue weighted by Crippen LogP contribution is 2.34. The zero-order valence-electron chi connectivity index (χ0n) is 10.3. The van der Waals surface area contributed by atoms with Crippen molar-refractivity contribution in [3.8, 4) is 11.5 Å². The van der Waals surface area contributed by atoms with Gasteiger partial charge in [0, 0.05) is 12.5 Å². The second kappa shape index (κ2) is 6.10. The third-order valence-electron chi connectivity index (χ3n) is 2.20. The van der Waals surface area contributed by atoms with Gasteiger partial charge in [-0.1, -0.05) is 6.07 Å². The second-order valence-corrected chi connectivity index (χ2v) is 3.77. The number of methoxy groups -OCH3 is 2. The fourth-order valence-corrected chi connectivity index (χ4v) is 1.46. The van der Waals surface area contributed by atoms with Crippen LogP contribution in [0.3, 0.4) is 0 Å². The molecule has 1 amide bonds. The van der Waals surface area contributed by atoms with Gasteiger partial charge in [0.25, 0.3) is 0 Å². The molecule has 5 nitrogen and oxygen atoms in total. The van der Waals surface area contributed by atoms with Crippen LogP contribution in [0.2, 0.25) is 0 Å². The summed E-state index contributed by atoms with van der Waals surface area (Å²) >= 11 is 0. The summed E-state index contributed by atoms with van der Waals surface area (Å²) in [4.78, 5) is 11.7. The van der Waals surface area contributed by atoms with Gasteiger partial charge in [-0.05, 0) is 19.1 Å². The Morgan fingerprint density at radius 2 is 1.88 bits per heavy atom. The minimum Gasteiger partial charge on any atom is -0.494 e. The number of hydrogen-bond donors (Lipinski definition) is 2. The van der Waals surface area contributed by atoms with Gasteiger partial charge in [-0.15, -0.1) is 0 Å². The van der Waals surface area contributed by atoms with E-state index >= 15 is 0 Å². The van der Waals surface area contributed by atoms with Crippen molar-refractivity contribution in [3.05, 3.63) is 18.2 Å². The maximum Gasteiger partial charge on any atom is 0.226 e. The van der Waals surface area contributed by atoms with E-state index < -0.39 is 0 Å². The van der Waals surface area contributed by atoms with E-state index in [-0.39, 0.29) is 18.4 Å². The van der Waals surface area contributed by atoms with Crippen molar-refractivity contribution in [2.75, 3.05) is 19.5 Å². The largest absolute Gasteiger partial charge is 0.494 e. The molecule has 0 bridgehead atoms. The van der Waals surface area contributed by atoms with Crippen LogP contribution in [0, 0.1) is 0 Å². The van der Waals surface area contributed by atoms with Gasteiger partial charge in [0.2, 0.25) is 5.91 Å².